The summed E-state index contributed by atoms with van der Waals surface area (Å²) in [5.41, 5.74) is 20.1. The second-order valence-electron chi connectivity index (χ2n) is 24.8. The van der Waals surface area contributed by atoms with Gasteiger partial charge in [0, 0.05) is 42.9 Å². The molecular formula is C74H96N2O2S. The van der Waals surface area contributed by atoms with Crippen LogP contribution in [0, 0.1) is 55.4 Å². The molecule has 0 aliphatic heterocycles. The number of thiophene rings is 1. The minimum absolute atomic E-state index is 0.0885. The first-order chi connectivity index (χ1) is 37.7. The predicted octanol–water partition coefficient (Wildman–Crippen LogP) is 23.2. The van der Waals surface area contributed by atoms with Gasteiger partial charge in [-0.05, 0) is 196 Å². The normalized spacial score (nSPS) is 11.7. The zero-order valence-electron chi connectivity index (χ0n) is 51.6. The van der Waals surface area contributed by atoms with Crippen molar-refractivity contribution in [3.8, 4) is 11.5 Å². The van der Waals surface area contributed by atoms with Gasteiger partial charge in [-0.2, -0.15) is 0 Å². The first-order valence-electron chi connectivity index (χ1n) is 30.0. The summed E-state index contributed by atoms with van der Waals surface area (Å²) in [6.07, 6.45) is 15.5. The van der Waals surface area contributed by atoms with Crippen molar-refractivity contribution in [2.75, 3.05) is 23.0 Å². The van der Waals surface area contributed by atoms with Crippen LogP contribution in [-0.4, -0.2) is 13.2 Å². The van der Waals surface area contributed by atoms with E-state index in [1.807, 2.05) is 11.3 Å². The summed E-state index contributed by atoms with van der Waals surface area (Å²) >= 11 is 1.88. The molecule has 79 heavy (non-hydrogen) atoms. The molecule has 4 nitrogen and oxygen atoms in total. The molecule has 8 rings (SSSR count). The SMILES string of the molecule is CCCCCCCCOc1cc2c(cc1C)sc1cc(C)c(OCCCCCCCC)cc12.Cc1ccc(N(c2ccc(N(c3ccc(C)cc3)c3c(C)cc(C(C)(C)C)cc3C)cc2)c2c(C)cc(C(C)(C)C)cc2C)cc1. The Bertz CT molecular complexity index is 2980. The Hall–Kier alpha value is -6.04. The third-order valence-corrected chi connectivity index (χ3v) is 16.8. The lowest BCUT2D eigenvalue weighted by molar-refractivity contribution is 0.302. The van der Waals surface area contributed by atoms with Gasteiger partial charge in [-0.3, -0.25) is 0 Å². The van der Waals surface area contributed by atoms with Gasteiger partial charge >= 0.3 is 0 Å². The van der Waals surface area contributed by atoms with Gasteiger partial charge in [0.25, 0.3) is 0 Å². The van der Waals surface area contributed by atoms with Gasteiger partial charge in [0.15, 0.2) is 0 Å². The molecule has 8 aromatic rings. The molecule has 7 aromatic carbocycles. The summed E-state index contributed by atoms with van der Waals surface area (Å²) in [5, 5.41) is 2.59. The zero-order valence-corrected chi connectivity index (χ0v) is 52.4. The first kappa shape index (κ1) is 60.6. The Kier molecular flexibility index (Phi) is 21.0. The summed E-state index contributed by atoms with van der Waals surface area (Å²) < 4.78 is 15.1. The Morgan fingerprint density at radius 2 is 0.646 bits per heavy atom. The highest BCUT2D eigenvalue weighted by Crippen LogP contribution is 2.45. The maximum Gasteiger partial charge on any atom is 0.122 e. The number of fused-ring (bicyclic) bond motifs is 3. The molecule has 0 radical (unpaired) electrons. The zero-order chi connectivity index (χ0) is 57.0. The van der Waals surface area contributed by atoms with Crippen molar-refractivity contribution in [1.82, 2.24) is 0 Å². The molecule has 1 aromatic heterocycles. The van der Waals surface area contributed by atoms with Gasteiger partial charge in [0.1, 0.15) is 11.5 Å². The lowest BCUT2D eigenvalue weighted by Gasteiger charge is -2.32. The van der Waals surface area contributed by atoms with Crippen molar-refractivity contribution in [2.24, 2.45) is 0 Å². The average Bonchev–Trinajstić information content (AvgIpc) is 3.93. The fourth-order valence-corrected chi connectivity index (χ4v) is 12.2. The quantitative estimate of drug-likeness (QED) is 0.0632. The Labute approximate surface area is 482 Å². The molecule has 0 bridgehead atoms. The maximum absolute atomic E-state index is 6.22. The van der Waals surface area contributed by atoms with E-state index in [4.69, 9.17) is 9.47 Å². The Balaban J connectivity index is 0.000000242. The number of unbranched alkanes of at least 4 members (excludes halogenated alkanes) is 10. The van der Waals surface area contributed by atoms with Crippen LogP contribution in [0.15, 0.2) is 121 Å². The van der Waals surface area contributed by atoms with Crippen LogP contribution in [0.5, 0.6) is 11.5 Å². The van der Waals surface area contributed by atoms with Crippen LogP contribution in [0.4, 0.5) is 34.1 Å². The average molecular weight is 1080 g/mol. The summed E-state index contributed by atoms with van der Waals surface area (Å²) in [6.45, 7) is 37.5. The molecule has 0 unspecified atom stereocenters. The van der Waals surface area contributed by atoms with E-state index in [0.29, 0.717) is 0 Å². The van der Waals surface area contributed by atoms with E-state index in [0.717, 1.165) is 60.3 Å². The minimum atomic E-state index is 0.0885. The summed E-state index contributed by atoms with van der Waals surface area (Å²) in [6, 6.07) is 45.5. The van der Waals surface area contributed by atoms with Crippen LogP contribution >= 0.6 is 11.3 Å². The number of nitrogens with zero attached hydrogens (tertiary/aromatic N) is 2. The van der Waals surface area contributed by atoms with E-state index in [1.165, 1.54) is 151 Å². The van der Waals surface area contributed by atoms with Crippen molar-refractivity contribution in [1.29, 1.82) is 0 Å². The fourth-order valence-electron chi connectivity index (χ4n) is 10.9. The van der Waals surface area contributed by atoms with Gasteiger partial charge in [-0.15, -0.1) is 11.3 Å². The molecule has 0 aliphatic carbocycles. The highest BCUT2D eigenvalue weighted by atomic mass is 32.1. The number of hydrogen-bond donors (Lipinski definition) is 0. The van der Waals surface area contributed by atoms with E-state index in [1.54, 1.807) is 0 Å². The fraction of sp³-hybridized carbons (Fsp3) is 0.432. The van der Waals surface area contributed by atoms with Crippen LogP contribution in [-0.2, 0) is 10.8 Å². The van der Waals surface area contributed by atoms with Crippen molar-refractivity contribution >= 4 is 65.6 Å². The van der Waals surface area contributed by atoms with Crippen LogP contribution in [0.3, 0.4) is 0 Å². The highest BCUT2D eigenvalue weighted by molar-refractivity contribution is 7.25. The number of benzene rings is 7. The van der Waals surface area contributed by atoms with Crippen LogP contribution in [0.1, 0.15) is 188 Å². The highest BCUT2D eigenvalue weighted by Gasteiger charge is 2.25. The third kappa shape index (κ3) is 15.7. The van der Waals surface area contributed by atoms with E-state index < -0.39 is 0 Å². The Morgan fingerprint density at radius 3 is 0.949 bits per heavy atom. The molecule has 0 amide bonds. The molecule has 0 N–H and O–H groups in total. The summed E-state index contributed by atoms with van der Waals surface area (Å²) in [5.74, 6) is 2.07. The molecule has 420 valence electrons. The number of rotatable bonds is 22. The number of aryl methyl sites for hydroxylation is 8. The van der Waals surface area contributed by atoms with Crippen molar-refractivity contribution in [3.05, 3.63) is 177 Å². The van der Waals surface area contributed by atoms with Crippen LogP contribution in [0.25, 0.3) is 20.2 Å². The largest absolute Gasteiger partial charge is 0.493 e. The lowest BCUT2D eigenvalue weighted by atomic mass is 9.84. The van der Waals surface area contributed by atoms with Crippen molar-refractivity contribution < 1.29 is 9.47 Å². The van der Waals surface area contributed by atoms with Gasteiger partial charge in [0.2, 0.25) is 0 Å². The number of hydrogen-bond acceptors (Lipinski definition) is 5. The molecule has 0 spiro atoms. The van der Waals surface area contributed by atoms with Gasteiger partial charge in [-0.1, -0.05) is 179 Å². The molecule has 0 fully saturated rings. The van der Waals surface area contributed by atoms with Crippen molar-refractivity contribution in [3.63, 3.8) is 0 Å². The molecule has 1 heterocycles. The Morgan fingerprint density at radius 1 is 0.354 bits per heavy atom. The maximum atomic E-state index is 6.22. The van der Waals surface area contributed by atoms with Crippen molar-refractivity contribution in [2.45, 2.75) is 199 Å². The standard InChI is InChI=1S/C44H52N2.C30H44O2S/c1-29-13-17-37(18-14-29)45(41-31(3)25-35(26-32(41)4)43(7,8)9)39-21-23-40(24-22-39)46(38-19-15-30(2)16-20-38)42-33(5)27-36(28-34(42)6)44(10,11)12;1-5-7-9-11-13-15-17-31-27-21-25-26-22-28(32-18-16-14-12-10-8-6-2)24(4)20-30(26)33-29(25)19-23(27)3/h13-28H,1-12H3;19-22H,5-18H2,1-4H3. The third-order valence-electron chi connectivity index (χ3n) is 15.7. The summed E-state index contributed by atoms with van der Waals surface area (Å²) in [7, 11) is 0. The van der Waals surface area contributed by atoms with Crippen LogP contribution in [0.2, 0.25) is 0 Å². The second kappa shape index (κ2) is 27.4. The lowest BCUT2D eigenvalue weighted by Crippen LogP contribution is -2.17. The topological polar surface area (TPSA) is 24.9 Å². The minimum Gasteiger partial charge on any atom is -0.493 e. The molecule has 0 saturated carbocycles. The predicted molar refractivity (Wildman–Crippen MR) is 348 cm³/mol. The second-order valence-corrected chi connectivity index (χ2v) is 25.9. The number of anilines is 6. The van der Waals surface area contributed by atoms with E-state index in [-0.39, 0.29) is 10.8 Å². The first-order valence-corrected chi connectivity index (χ1v) is 30.8. The van der Waals surface area contributed by atoms with Gasteiger partial charge in [-0.25, -0.2) is 0 Å². The van der Waals surface area contributed by atoms with E-state index in [2.05, 4.69) is 242 Å². The monoisotopic (exact) mass is 1080 g/mol. The molecule has 5 heteroatoms. The molecule has 0 aliphatic rings. The van der Waals surface area contributed by atoms with Crippen LogP contribution < -0.4 is 19.3 Å². The number of ether oxygens (including phenoxy) is 2. The smallest absolute Gasteiger partial charge is 0.122 e. The van der Waals surface area contributed by atoms with E-state index in [9.17, 15) is 0 Å². The molecule has 0 saturated heterocycles. The molecular weight excluding hydrogens is 981 g/mol. The van der Waals surface area contributed by atoms with Gasteiger partial charge in [0.05, 0.1) is 24.6 Å². The van der Waals surface area contributed by atoms with Gasteiger partial charge < -0.3 is 19.3 Å². The van der Waals surface area contributed by atoms with E-state index >= 15 is 0 Å². The molecule has 0 atom stereocenters. The summed E-state index contributed by atoms with van der Waals surface area (Å²) in [4.78, 5) is 4.84.